The van der Waals surface area contributed by atoms with Gasteiger partial charge in [-0.25, -0.2) is 4.98 Å². The van der Waals surface area contributed by atoms with Crippen molar-refractivity contribution in [1.82, 2.24) is 9.97 Å². The highest BCUT2D eigenvalue weighted by Crippen LogP contribution is 2.49. The first-order valence-corrected chi connectivity index (χ1v) is 12.3. The second kappa shape index (κ2) is 9.25. The Morgan fingerprint density at radius 3 is 2.67 bits per heavy atom. The Morgan fingerprint density at radius 1 is 1.18 bits per heavy atom. The van der Waals surface area contributed by atoms with Gasteiger partial charge in [-0.1, -0.05) is 39.0 Å². The Labute approximate surface area is 198 Å². The first-order valence-electron chi connectivity index (χ1n) is 11.3. The first kappa shape index (κ1) is 23.4. The number of ether oxygens (including phenoxy) is 2. The lowest BCUT2D eigenvalue weighted by Gasteiger charge is -2.38. The minimum Gasteiger partial charge on any atom is -0.497 e. The number of H-pyrrole nitrogens is 1. The number of nitrogens with zero attached hydrogens (tertiary/aromatic N) is 1. The maximum absolute atomic E-state index is 13.4. The highest BCUT2D eigenvalue weighted by atomic mass is 32.2. The van der Waals surface area contributed by atoms with Crippen molar-refractivity contribution in [2.75, 3.05) is 25.3 Å². The van der Waals surface area contributed by atoms with E-state index in [9.17, 15) is 9.59 Å². The van der Waals surface area contributed by atoms with Gasteiger partial charge >= 0.3 is 0 Å². The van der Waals surface area contributed by atoms with Crippen LogP contribution in [0.1, 0.15) is 63.5 Å². The van der Waals surface area contributed by atoms with Crippen molar-refractivity contribution < 1.29 is 14.3 Å². The van der Waals surface area contributed by atoms with Gasteiger partial charge in [0.05, 0.1) is 25.7 Å². The Bertz CT molecular complexity index is 1170. The molecule has 33 heavy (non-hydrogen) atoms. The van der Waals surface area contributed by atoms with Gasteiger partial charge in [0, 0.05) is 29.0 Å². The van der Waals surface area contributed by atoms with Gasteiger partial charge in [-0.3, -0.25) is 9.59 Å². The summed E-state index contributed by atoms with van der Waals surface area (Å²) >= 11 is 1.54. The number of ketones is 1. The van der Waals surface area contributed by atoms with Gasteiger partial charge < -0.3 is 19.8 Å². The van der Waals surface area contributed by atoms with Crippen molar-refractivity contribution in [2.24, 2.45) is 5.41 Å². The first-order chi connectivity index (χ1) is 15.8. The number of thioether (sulfide) groups is 1. The van der Waals surface area contributed by atoms with Crippen LogP contribution in [0, 0.1) is 5.41 Å². The second-order valence-corrected chi connectivity index (χ2v) is 10.4. The number of allylic oxidation sites excluding steroid dienone is 2. The molecule has 2 aliphatic rings. The van der Waals surface area contributed by atoms with E-state index in [0.717, 1.165) is 29.9 Å². The van der Waals surface area contributed by atoms with Crippen LogP contribution in [-0.2, 0) is 4.79 Å². The van der Waals surface area contributed by atoms with E-state index in [4.69, 9.17) is 14.5 Å². The fourth-order valence-corrected chi connectivity index (χ4v) is 5.60. The summed E-state index contributed by atoms with van der Waals surface area (Å²) < 4.78 is 11.1. The number of carbonyl (C=O) groups is 1. The molecule has 0 saturated carbocycles. The Balaban J connectivity index is 1.93. The molecule has 1 unspecified atom stereocenters. The number of benzene rings is 1. The molecule has 2 aromatic rings. The van der Waals surface area contributed by atoms with E-state index in [-0.39, 0.29) is 16.8 Å². The van der Waals surface area contributed by atoms with Crippen molar-refractivity contribution in [1.29, 1.82) is 0 Å². The number of unbranched alkanes of at least 4 members (excludes halogenated alkanes) is 1. The molecular weight excluding hydrogens is 438 g/mol. The van der Waals surface area contributed by atoms with E-state index in [1.165, 1.54) is 11.8 Å². The van der Waals surface area contributed by atoms with Crippen LogP contribution in [0.3, 0.4) is 0 Å². The summed E-state index contributed by atoms with van der Waals surface area (Å²) in [6, 6.07) is 5.46. The molecule has 176 valence electrons. The Kier molecular flexibility index (Phi) is 6.56. The molecule has 2 heterocycles. The van der Waals surface area contributed by atoms with Crippen molar-refractivity contribution >= 4 is 23.4 Å². The Morgan fingerprint density at radius 2 is 1.97 bits per heavy atom. The molecule has 4 rings (SSSR count). The SMILES string of the molecule is CCCCSc1nc2c(c(=O)[nH]1)C(c1cc(OC)ccc1OC)C1=C(CC(C)(C)CC1=O)N2. The van der Waals surface area contributed by atoms with E-state index in [1.54, 1.807) is 20.3 Å². The third-order valence-electron chi connectivity index (χ3n) is 6.18. The average molecular weight is 470 g/mol. The lowest BCUT2D eigenvalue weighted by atomic mass is 9.69. The third-order valence-corrected chi connectivity index (χ3v) is 7.14. The van der Waals surface area contributed by atoms with Gasteiger partial charge in [0.25, 0.3) is 5.56 Å². The minimum absolute atomic E-state index is 0.0371. The van der Waals surface area contributed by atoms with Gasteiger partial charge in [-0.05, 0) is 36.5 Å². The number of carbonyl (C=O) groups excluding carboxylic acids is 1. The zero-order valence-electron chi connectivity index (χ0n) is 19.8. The van der Waals surface area contributed by atoms with Crippen LogP contribution in [0.5, 0.6) is 11.5 Å². The standard InChI is InChI=1S/C25H31N3O4S/c1-6-7-10-33-24-27-22-21(23(30)28-24)19(15-11-14(31-4)8-9-18(15)32-5)20-16(26-22)12-25(2,3)13-17(20)29/h8-9,11,19H,6-7,10,12-13H2,1-5H3,(H2,26,27,28,30). The van der Waals surface area contributed by atoms with E-state index < -0.39 is 5.92 Å². The molecule has 1 aliphatic carbocycles. The molecule has 1 atom stereocenters. The quantitative estimate of drug-likeness (QED) is 0.339. The number of rotatable bonds is 7. The fourth-order valence-electron chi connectivity index (χ4n) is 4.65. The van der Waals surface area contributed by atoms with Gasteiger partial charge in [-0.2, -0.15) is 0 Å². The zero-order chi connectivity index (χ0) is 23.8. The average Bonchev–Trinajstić information content (AvgIpc) is 2.76. The summed E-state index contributed by atoms with van der Waals surface area (Å²) in [5.41, 5.74) is 2.19. The van der Waals surface area contributed by atoms with Crippen molar-refractivity contribution in [3.05, 3.63) is 50.9 Å². The zero-order valence-corrected chi connectivity index (χ0v) is 20.6. The van der Waals surface area contributed by atoms with E-state index in [1.807, 2.05) is 12.1 Å². The molecule has 2 N–H and O–H groups in total. The molecule has 8 heteroatoms. The number of methoxy groups -OCH3 is 2. The second-order valence-electron chi connectivity index (χ2n) is 9.33. The number of anilines is 1. The summed E-state index contributed by atoms with van der Waals surface area (Å²) in [5.74, 6) is 2.07. The number of Topliss-reactive ketones (excluding diaryl/α,β-unsaturated/α-hetero) is 1. The van der Waals surface area contributed by atoms with E-state index in [2.05, 4.69) is 31.1 Å². The lowest BCUT2D eigenvalue weighted by Crippen LogP contribution is -2.37. The molecule has 0 amide bonds. The maximum atomic E-state index is 13.4. The molecule has 1 aliphatic heterocycles. The molecule has 1 aromatic heterocycles. The molecule has 0 fully saturated rings. The van der Waals surface area contributed by atoms with E-state index in [0.29, 0.717) is 46.5 Å². The van der Waals surface area contributed by atoms with Crippen LogP contribution in [0.15, 0.2) is 39.4 Å². The molecule has 0 spiro atoms. The summed E-state index contributed by atoms with van der Waals surface area (Å²) in [5, 5.41) is 3.95. The van der Waals surface area contributed by atoms with Crippen LogP contribution in [-0.4, -0.2) is 35.7 Å². The van der Waals surface area contributed by atoms with E-state index >= 15 is 0 Å². The third kappa shape index (κ3) is 4.53. The maximum Gasteiger partial charge on any atom is 0.257 e. The van der Waals surface area contributed by atoms with Crippen LogP contribution < -0.4 is 20.3 Å². The molecule has 0 radical (unpaired) electrons. The van der Waals surface area contributed by atoms with Crippen molar-refractivity contribution in [3.63, 3.8) is 0 Å². The van der Waals surface area contributed by atoms with Crippen LogP contribution in [0.4, 0.5) is 5.82 Å². The molecule has 1 aromatic carbocycles. The number of aromatic nitrogens is 2. The van der Waals surface area contributed by atoms with Crippen LogP contribution in [0.25, 0.3) is 0 Å². The topological polar surface area (TPSA) is 93.3 Å². The lowest BCUT2D eigenvalue weighted by molar-refractivity contribution is -0.118. The normalized spacial score (nSPS) is 18.9. The largest absolute Gasteiger partial charge is 0.497 e. The highest BCUT2D eigenvalue weighted by Gasteiger charge is 2.43. The summed E-state index contributed by atoms with van der Waals surface area (Å²) in [4.78, 5) is 34.5. The Hall–Kier alpha value is -2.74. The molecule has 0 saturated heterocycles. The smallest absolute Gasteiger partial charge is 0.257 e. The number of hydrogen-bond acceptors (Lipinski definition) is 7. The van der Waals surface area contributed by atoms with Gasteiger partial charge in [0.2, 0.25) is 0 Å². The van der Waals surface area contributed by atoms with Gasteiger partial charge in [0.1, 0.15) is 17.3 Å². The van der Waals surface area contributed by atoms with Crippen molar-refractivity contribution in [3.8, 4) is 11.5 Å². The van der Waals surface area contributed by atoms with Gasteiger partial charge in [0.15, 0.2) is 10.9 Å². The van der Waals surface area contributed by atoms with Gasteiger partial charge in [-0.15, -0.1) is 0 Å². The predicted molar refractivity (Wildman–Crippen MR) is 131 cm³/mol. The number of aromatic amines is 1. The molecular formula is C25H31N3O4S. The van der Waals surface area contributed by atoms with Crippen molar-refractivity contribution in [2.45, 2.75) is 57.5 Å². The number of fused-ring (bicyclic) bond motifs is 1. The number of nitrogens with one attached hydrogen (secondary N) is 2. The fraction of sp³-hybridized carbons (Fsp3) is 0.480. The monoisotopic (exact) mass is 469 g/mol. The molecule has 0 bridgehead atoms. The van der Waals surface area contributed by atoms with Crippen LogP contribution >= 0.6 is 11.8 Å². The summed E-state index contributed by atoms with van der Waals surface area (Å²) in [6.07, 6.45) is 3.23. The number of hydrogen-bond donors (Lipinski definition) is 2. The molecule has 7 nitrogen and oxygen atoms in total. The summed E-state index contributed by atoms with van der Waals surface area (Å²) in [7, 11) is 3.18. The minimum atomic E-state index is -0.587. The predicted octanol–water partition coefficient (Wildman–Crippen LogP) is 4.88. The van der Waals surface area contributed by atoms with Crippen LogP contribution in [0.2, 0.25) is 0 Å². The summed E-state index contributed by atoms with van der Waals surface area (Å²) in [6.45, 7) is 6.31. The highest BCUT2D eigenvalue weighted by molar-refractivity contribution is 7.99.